The van der Waals surface area contributed by atoms with Gasteiger partial charge in [-0.25, -0.2) is 13.4 Å². The average molecular weight is 384 g/mol. The minimum Gasteiger partial charge on any atom is -0.442 e. The van der Waals surface area contributed by atoms with Crippen LogP contribution in [0.2, 0.25) is 0 Å². The largest absolute Gasteiger partial charge is 0.442 e. The van der Waals surface area contributed by atoms with Crippen LogP contribution in [-0.2, 0) is 14.5 Å². The van der Waals surface area contributed by atoms with Gasteiger partial charge in [0.1, 0.15) is 21.2 Å². The molecule has 0 fully saturated rings. The summed E-state index contributed by atoms with van der Waals surface area (Å²) in [6, 6.07) is 1.43. The van der Waals surface area contributed by atoms with E-state index in [0.29, 0.717) is 30.0 Å². The fourth-order valence-electron chi connectivity index (χ4n) is 2.63. The number of carbonyl (C=O) groups is 1. The Balaban J connectivity index is 2.38. The van der Waals surface area contributed by atoms with Crippen molar-refractivity contribution in [2.45, 2.75) is 57.6 Å². The molecule has 144 valence electrons. The van der Waals surface area contributed by atoms with Crippen LogP contribution in [0.1, 0.15) is 52.7 Å². The lowest BCUT2D eigenvalue weighted by Crippen LogP contribution is -2.23. The standard InChI is InChI=1S/C17H25FN4O3S/c1-10-6-7-12(18)11(8-10)14-9-13(19)15(21-20-14)26(5,24)22-16(23)25-17(2,3)4/h9-10H,6-8H2,1-5H3,(H2,19,20). The molecule has 2 rings (SSSR count). The van der Waals surface area contributed by atoms with Gasteiger partial charge >= 0.3 is 6.09 Å². The van der Waals surface area contributed by atoms with Gasteiger partial charge in [-0.05, 0) is 52.0 Å². The van der Waals surface area contributed by atoms with Crippen LogP contribution in [0, 0.1) is 5.92 Å². The molecule has 9 heteroatoms. The summed E-state index contributed by atoms with van der Waals surface area (Å²) in [6.07, 6.45) is 1.96. The molecule has 1 aliphatic rings. The summed E-state index contributed by atoms with van der Waals surface area (Å²) in [4.78, 5) is 11.8. The SMILES string of the molecule is CC1CCC(F)=C(c2cc(N)c(S(C)(=O)=NC(=O)OC(C)(C)C)nn2)C1. The van der Waals surface area contributed by atoms with Gasteiger partial charge in [0, 0.05) is 11.8 Å². The number of aromatic nitrogens is 2. The molecule has 1 amide bonds. The van der Waals surface area contributed by atoms with Gasteiger partial charge in [-0.1, -0.05) is 6.92 Å². The smallest absolute Gasteiger partial charge is 0.442 e. The molecule has 26 heavy (non-hydrogen) atoms. The van der Waals surface area contributed by atoms with Gasteiger partial charge in [-0.3, -0.25) is 0 Å². The van der Waals surface area contributed by atoms with E-state index in [9.17, 15) is 13.4 Å². The molecule has 1 aliphatic carbocycles. The van der Waals surface area contributed by atoms with Crippen LogP contribution in [0.4, 0.5) is 14.9 Å². The van der Waals surface area contributed by atoms with Crippen molar-refractivity contribution in [1.82, 2.24) is 10.2 Å². The molecule has 1 heterocycles. The minimum atomic E-state index is -3.24. The monoisotopic (exact) mass is 384 g/mol. The van der Waals surface area contributed by atoms with E-state index in [1.54, 1.807) is 20.8 Å². The molecule has 0 spiro atoms. The predicted octanol–water partition coefficient (Wildman–Crippen LogP) is 3.95. The Kier molecular flexibility index (Phi) is 5.70. The predicted molar refractivity (Wildman–Crippen MR) is 98.5 cm³/mol. The average Bonchev–Trinajstić information content (AvgIpc) is 2.46. The summed E-state index contributed by atoms with van der Waals surface area (Å²) in [7, 11) is -3.24. The zero-order valence-electron chi connectivity index (χ0n) is 15.7. The normalized spacial score (nSPS) is 20.5. The molecule has 0 saturated carbocycles. The summed E-state index contributed by atoms with van der Waals surface area (Å²) >= 11 is 0. The molecule has 0 aliphatic heterocycles. The van der Waals surface area contributed by atoms with Crippen molar-refractivity contribution in [1.29, 1.82) is 0 Å². The van der Waals surface area contributed by atoms with Crippen molar-refractivity contribution in [2.24, 2.45) is 10.3 Å². The number of carbonyl (C=O) groups excluding carboxylic acids is 1. The van der Waals surface area contributed by atoms with E-state index < -0.39 is 21.4 Å². The van der Waals surface area contributed by atoms with E-state index in [1.165, 1.54) is 12.3 Å². The highest BCUT2D eigenvalue weighted by atomic mass is 32.2. The summed E-state index contributed by atoms with van der Waals surface area (Å²) in [6.45, 7) is 7.06. The molecule has 1 aromatic heterocycles. The molecular formula is C17H25FN4O3S. The van der Waals surface area contributed by atoms with Crippen LogP contribution in [0.3, 0.4) is 0 Å². The second-order valence-electron chi connectivity index (χ2n) is 7.60. The highest BCUT2D eigenvalue weighted by Gasteiger charge is 2.24. The van der Waals surface area contributed by atoms with Crippen LogP contribution in [-0.4, -0.2) is 32.4 Å². The van der Waals surface area contributed by atoms with E-state index in [2.05, 4.69) is 14.6 Å². The number of ether oxygens (including phenoxy) is 1. The van der Waals surface area contributed by atoms with E-state index in [0.717, 1.165) is 6.42 Å². The summed E-state index contributed by atoms with van der Waals surface area (Å²) < 4.78 is 35.6. The third kappa shape index (κ3) is 5.00. The second kappa shape index (κ2) is 7.30. The molecule has 0 bridgehead atoms. The van der Waals surface area contributed by atoms with Crippen LogP contribution >= 0.6 is 0 Å². The number of nitrogens with zero attached hydrogens (tertiary/aromatic N) is 3. The summed E-state index contributed by atoms with van der Waals surface area (Å²) in [5.41, 5.74) is 6.04. The number of rotatable bonds is 2. The van der Waals surface area contributed by atoms with Crippen molar-refractivity contribution in [3.8, 4) is 0 Å². The molecule has 0 aromatic carbocycles. The first kappa shape index (κ1) is 20.3. The molecular weight excluding hydrogens is 359 g/mol. The molecule has 7 nitrogen and oxygen atoms in total. The number of nitrogen functional groups attached to an aromatic ring is 1. The lowest BCUT2D eigenvalue weighted by Gasteiger charge is -2.20. The number of hydrogen-bond donors (Lipinski definition) is 1. The van der Waals surface area contributed by atoms with Gasteiger partial charge in [0.25, 0.3) is 0 Å². The van der Waals surface area contributed by atoms with Crippen molar-refractivity contribution >= 4 is 27.1 Å². The van der Waals surface area contributed by atoms with E-state index >= 15 is 0 Å². The molecule has 0 radical (unpaired) electrons. The van der Waals surface area contributed by atoms with Gasteiger partial charge in [0.05, 0.1) is 11.4 Å². The second-order valence-corrected chi connectivity index (χ2v) is 9.77. The van der Waals surface area contributed by atoms with Gasteiger partial charge in [0.15, 0.2) is 5.03 Å². The van der Waals surface area contributed by atoms with E-state index in [1.807, 2.05) is 6.92 Å². The third-order valence-corrected chi connectivity index (χ3v) is 5.37. The maximum Gasteiger partial charge on any atom is 0.442 e. The van der Waals surface area contributed by atoms with E-state index in [4.69, 9.17) is 10.5 Å². The van der Waals surface area contributed by atoms with Gasteiger partial charge < -0.3 is 10.5 Å². The molecule has 1 aromatic rings. The molecule has 2 atom stereocenters. The Labute approximate surface area is 153 Å². The third-order valence-electron chi connectivity index (χ3n) is 3.83. The summed E-state index contributed by atoms with van der Waals surface area (Å²) in [5, 5.41) is 7.74. The lowest BCUT2D eigenvalue weighted by atomic mass is 9.88. The topological polar surface area (TPSA) is 108 Å². The Bertz CT molecular complexity index is 867. The summed E-state index contributed by atoms with van der Waals surface area (Å²) in [5.74, 6) is 0.116. The number of halogens is 1. The van der Waals surface area contributed by atoms with Crippen LogP contribution < -0.4 is 5.73 Å². The van der Waals surface area contributed by atoms with Crippen molar-refractivity contribution in [3.05, 3.63) is 17.6 Å². The van der Waals surface area contributed by atoms with Gasteiger partial charge in [0.2, 0.25) is 0 Å². The van der Waals surface area contributed by atoms with Crippen LogP contribution in [0.25, 0.3) is 5.57 Å². The molecule has 2 unspecified atom stereocenters. The van der Waals surface area contributed by atoms with Crippen molar-refractivity contribution in [3.63, 3.8) is 0 Å². The minimum absolute atomic E-state index is 0.0494. The lowest BCUT2D eigenvalue weighted by molar-refractivity contribution is 0.0607. The maximum atomic E-state index is 14.1. The van der Waals surface area contributed by atoms with Gasteiger partial charge in [-0.2, -0.15) is 0 Å². The fourth-order valence-corrected chi connectivity index (χ4v) is 3.73. The fraction of sp³-hybridized carbons (Fsp3) is 0.588. The van der Waals surface area contributed by atoms with Crippen molar-refractivity contribution in [2.75, 3.05) is 12.0 Å². The Morgan fingerprint density at radius 1 is 1.42 bits per heavy atom. The Hall–Kier alpha value is -2.03. The number of allylic oxidation sites excluding steroid dienone is 2. The Morgan fingerprint density at radius 2 is 2.08 bits per heavy atom. The molecule has 2 N–H and O–H groups in total. The quantitative estimate of drug-likeness (QED) is 0.827. The first-order chi connectivity index (χ1) is 11.9. The van der Waals surface area contributed by atoms with Crippen LogP contribution in [0.5, 0.6) is 0 Å². The highest BCUT2D eigenvalue weighted by Crippen LogP contribution is 2.36. The first-order valence-electron chi connectivity index (χ1n) is 8.35. The number of nitrogens with two attached hydrogens (primary N) is 1. The maximum absolute atomic E-state index is 14.1. The van der Waals surface area contributed by atoms with Crippen molar-refractivity contribution < 1.29 is 18.1 Å². The zero-order valence-corrected chi connectivity index (χ0v) is 16.5. The van der Waals surface area contributed by atoms with Gasteiger partial charge in [-0.15, -0.1) is 14.6 Å². The Morgan fingerprint density at radius 3 is 2.65 bits per heavy atom. The number of hydrogen-bond acceptors (Lipinski definition) is 6. The zero-order chi connectivity index (χ0) is 19.7. The van der Waals surface area contributed by atoms with E-state index in [-0.39, 0.29) is 16.5 Å². The highest BCUT2D eigenvalue weighted by molar-refractivity contribution is 7.93. The number of amides is 1. The first-order valence-corrected chi connectivity index (χ1v) is 10.3. The number of anilines is 1. The molecule has 0 saturated heterocycles. The van der Waals surface area contributed by atoms with Crippen LogP contribution in [0.15, 0.2) is 21.3 Å².